The third-order valence-corrected chi connectivity index (χ3v) is 4.16. The van der Waals surface area contributed by atoms with Gasteiger partial charge >= 0.3 is 12.0 Å². The Bertz CT molecular complexity index is 347. The van der Waals surface area contributed by atoms with E-state index in [4.69, 9.17) is 0 Å². The molecule has 1 aliphatic heterocycles. The smallest absolute Gasteiger partial charge is 0.329 e. The van der Waals surface area contributed by atoms with E-state index in [0.29, 0.717) is 25.9 Å². The minimum absolute atomic E-state index is 0.224. The number of piperazine rings is 1. The first-order valence-corrected chi connectivity index (χ1v) is 7.10. The van der Waals surface area contributed by atoms with Crippen LogP contribution in [0.5, 0.6) is 0 Å². The largest absolute Gasteiger partial charge is 0.480 e. The summed E-state index contributed by atoms with van der Waals surface area (Å²) >= 11 is 0. The minimum Gasteiger partial charge on any atom is -0.480 e. The summed E-state index contributed by atoms with van der Waals surface area (Å²) in [4.78, 5) is 27.4. The van der Waals surface area contributed by atoms with Crippen molar-refractivity contribution in [3.63, 3.8) is 0 Å². The van der Waals surface area contributed by atoms with Crippen molar-refractivity contribution in [2.24, 2.45) is 0 Å². The van der Waals surface area contributed by atoms with Gasteiger partial charge < -0.3 is 15.3 Å². The van der Waals surface area contributed by atoms with E-state index in [-0.39, 0.29) is 6.03 Å². The van der Waals surface area contributed by atoms with Crippen LogP contribution in [0.2, 0.25) is 0 Å². The molecule has 1 heterocycles. The van der Waals surface area contributed by atoms with E-state index in [1.54, 1.807) is 4.90 Å². The van der Waals surface area contributed by atoms with Crippen LogP contribution in [0.15, 0.2) is 0 Å². The molecule has 0 spiro atoms. The van der Waals surface area contributed by atoms with Crippen LogP contribution in [0.3, 0.4) is 0 Å². The highest BCUT2D eigenvalue weighted by Gasteiger charge is 2.46. The van der Waals surface area contributed by atoms with Gasteiger partial charge in [0.15, 0.2) is 0 Å². The number of amides is 2. The summed E-state index contributed by atoms with van der Waals surface area (Å²) in [7, 11) is 0. The molecule has 6 heteroatoms. The number of carbonyl (C=O) groups is 2. The van der Waals surface area contributed by atoms with Gasteiger partial charge in [0.25, 0.3) is 0 Å². The van der Waals surface area contributed by atoms with E-state index in [0.717, 1.165) is 32.5 Å². The summed E-state index contributed by atoms with van der Waals surface area (Å²) in [6.07, 6.45) is 3.08. The summed E-state index contributed by atoms with van der Waals surface area (Å²) < 4.78 is 0. The van der Waals surface area contributed by atoms with Gasteiger partial charge in [0.2, 0.25) is 0 Å². The van der Waals surface area contributed by atoms with Crippen LogP contribution < -0.4 is 5.32 Å². The Kier molecular flexibility index (Phi) is 4.29. The molecule has 2 rings (SSSR count). The number of hydrogen-bond donors (Lipinski definition) is 2. The predicted octanol–water partition coefficient (Wildman–Crippen LogP) is 0.731. The third-order valence-electron chi connectivity index (χ3n) is 4.16. The molecule has 0 aromatic carbocycles. The maximum absolute atomic E-state index is 12.1. The fourth-order valence-corrected chi connectivity index (χ4v) is 2.70. The summed E-state index contributed by atoms with van der Waals surface area (Å²) in [5.74, 6) is -0.906. The molecule has 1 saturated carbocycles. The highest BCUT2D eigenvalue weighted by molar-refractivity contribution is 5.87. The maximum Gasteiger partial charge on any atom is 0.329 e. The number of rotatable bonds is 4. The first kappa shape index (κ1) is 14.1. The Morgan fingerprint density at radius 3 is 2.26 bits per heavy atom. The Morgan fingerprint density at radius 2 is 1.84 bits per heavy atom. The molecular formula is C13H23N3O3. The second kappa shape index (κ2) is 5.77. The molecule has 0 atom stereocenters. The van der Waals surface area contributed by atoms with Gasteiger partial charge in [0.1, 0.15) is 5.54 Å². The zero-order valence-electron chi connectivity index (χ0n) is 11.5. The fraction of sp³-hybridized carbons (Fsp3) is 0.846. The standard InChI is InChI=1S/C13H23N3O3/c1-2-6-15-7-9-16(10-8-15)12(19)14-13(11(17)18)4-3-5-13/h2-10H2,1H3,(H,14,19)(H,17,18). The third kappa shape index (κ3) is 3.00. The molecule has 19 heavy (non-hydrogen) atoms. The quantitative estimate of drug-likeness (QED) is 0.789. The van der Waals surface area contributed by atoms with Crippen molar-refractivity contribution in [2.75, 3.05) is 32.7 Å². The van der Waals surface area contributed by atoms with E-state index < -0.39 is 11.5 Å². The number of carboxylic acids is 1. The molecular weight excluding hydrogens is 246 g/mol. The van der Waals surface area contributed by atoms with Gasteiger partial charge in [-0.25, -0.2) is 9.59 Å². The van der Waals surface area contributed by atoms with Crippen LogP contribution in [0.1, 0.15) is 32.6 Å². The van der Waals surface area contributed by atoms with Crippen molar-refractivity contribution >= 4 is 12.0 Å². The van der Waals surface area contributed by atoms with Crippen molar-refractivity contribution < 1.29 is 14.7 Å². The number of carboxylic acid groups (broad SMARTS) is 1. The zero-order valence-corrected chi connectivity index (χ0v) is 11.5. The Hall–Kier alpha value is -1.30. The summed E-state index contributed by atoms with van der Waals surface area (Å²) in [5.41, 5.74) is -1.00. The average molecular weight is 269 g/mol. The van der Waals surface area contributed by atoms with E-state index in [1.165, 1.54) is 0 Å². The second-order valence-electron chi connectivity index (χ2n) is 5.50. The molecule has 1 aliphatic carbocycles. The van der Waals surface area contributed by atoms with Gasteiger partial charge in [-0.05, 0) is 32.2 Å². The first-order valence-electron chi connectivity index (χ1n) is 7.10. The van der Waals surface area contributed by atoms with Crippen LogP contribution in [0, 0.1) is 0 Å². The van der Waals surface area contributed by atoms with E-state index in [9.17, 15) is 14.7 Å². The van der Waals surface area contributed by atoms with Crippen LogP contribution >= 0.6 is 0 Å². The number of nitrogens with zero attached hydrogens (tertiary/aromatic N) is 2. The van der Waals surface area contributed by atoms with Crippen LogP contribution in [0.4, 0.5) is 4.79 Å². The molecule has 2 aliphatic rings. The van der Waals surface area contributed by atoms with Gasteiger partial charge in [-0.1, -0.05) is 6.92 Å². The molecule has 2 N–H and O–H groups in total. The van der Waals surface area contributed by atoms with Crippen molar-refractivity contribution in [1.82, 2.24) is 15.1 Å². The molecule has 0 aromatic rings. The van der Waals surface area contributed by atoms with Crippen molar-refractivity contribution in [1.29, 1.82) is 0 Å². The molecule has 0 aromatic heterocycles. The summed E-state index contributed by atoms with van der Waals surface area (Å²) in [6.45, 7) is 6.33. The number of urea groups is 1. The van der Waals surface area contributed by atoms with Crippen molar-refractivity contribution in [3.05, 3.63) is 0 Å². The lowest BCUT2D eigenvalue weighted by atomic mass is 9.77. The number of nitrogens with one attached hydrogen (secondary N) is 1. The predicted molar refractivity (Wildman–Crippen MR) is 71.1 cm³/mol. The zero-order chi connectivity index (χ0) is 13.9. The SMILES string of the molecule is CCCN1CCN(C(=O)NC2(C(=O)O)CCC2)CC1. The molecule has 2 fully saturated rings. The lowest BCUT2D eigenvalue weighted by molar-refractivity contribution is -0.148. The van der Waals surface area contributed by atoms with Crippen LogP contribution in [0.25, 0.3) is 0 Å². The van der Waals surface area contributed by atoms with E-state index >= 15 is 0 Å². The molecule has 1 saturated heterocycles. The Labute approximate surface area is 113 Å². The molecule has 6 nitrogen and oxygen atoms in total. The Morgan fingerprint density at radius 1 is 1.21 bits per heavy atom. The average Bonchev–Trinajstić information content (AvgIpc) is 2.34. The number of hydrogen-bond acceptors (Lipinski definition) is 3. The monoisotopic (exact) mass is 269 g/mol. The van der Waals surface area contributed by atoms with Crippen LogP contribution in [-0.2, 0) is 4.79 Å². The first-order chi connectivity index (χ1) is 9.07. The van der Waals surface area contributed by atoms with Crippen molar-refractivity contribution in [3.8, 4) is 0 Å². The van der Waals surface area contributed by atoms with E-state index in [1.807, 2.05) is 0 Å². The molecule has 108 valence electrons. The molecule has 0 unspecified atom stereocenters. The summed E-state index contributed by atoms with van der Waals surface area (Å²) in [6, 6.07) is -0.224. The topological polar surface area (TPSA) is 72.9 Å². The van der Waals surface area contributed by atoms with E-state index in [2.05, 4.69) is 17.1 Å². The highest BCUT2D eigenvalue weighted by Crippen LogP contribution is 2.32. The molecule has 0 bridgehead atoms. The lowest BCUT2D eigenvalue weighted by Gasteiger charge is -2.41. The van der Waals surface area contributed by atoms with Crippen molar-refractivity contribution in [2.45, 2.75) is 38.1 Å². The van der Waals surface area contributed by atoms with Gasteiger partial charge in [0, 0.05) is 26.2 Å². The van der Waals surface area contributed by atoms with Gasteiger partial charge in [0.05, 0.1) is 0 Å². The van der Waals surface area contributed by atoms with Gasteiger partial charge in [-0.2, -0.15) is 0 Å². The molecule has 2 amide bonds. The van der Waals surface area contributed by atoms with Crippen LogP contribution in [-0.4, -0.2) is 65.2 Å². The van der Waals surface area contributed by atoms with Gasteiger partial charge in [-0.15, -0.1) is 0 Å². The summed E-state index contributed by atoms with van der Waals surface area (Å²) in [5, 5.41) is 11.9. The lowest BCUT2D eigenvalue weighted by Crippen LogP contribution is -2.63. The maximum atomic E-state index is 12.1. The Balaban J connectivity index is 1.83. The normalized spacial score (nSPS) is 22.7. The minimum atomic E-state index is -1.00. The van der Waals surface area contributed by atoms with Gasteiger partial charge in [-0.3, -0.25) is 4.90 Å². The molecule has 0 radical (unpaired) electrons. The number of carbonyl (C=O) groups excluding carboxylic acids is 1. The number of aliphatic carboxylic acids is 1. The fourth-order valence-electron chi connectivity index (χ4n) is 2.70. The second-order valence-corrected chi connectivity index (χ2v) is 5.50. The highest BCUT2D eigenvalue weighted by atomic mass is 16.4.